The van der Waals surface area contributed by atoms with Gasteiger partial charge in [-0.15, -0.1) is 0 Å². The van der Waals surface area contributed by atoms with Crippen molar-refractivity contribution >= 4 is 29.5 Å². The fraction of sp³-hybridized carbons (Fsp3) is 0.865. The minimum absolute atomic E-state index is 0.125. The molecule has 2 aliphatic rings. The van der Waals surface area contributed by atoms with E-state index in [1.807, 2.05) is 6.92 Å². The molecule has 0 radical (unpaired) electrons. The Morgan fingerprint density at radius 3 is 2.04 bits per heavy atom. The molecule has 294 valence electrons. The van der Waals surface area contributed by atoms with E-state index in [1.54, 1.807) is 20.9 Å². The lowest BCUT2D eigenvalue weighted by atomic mass is 9.90. The summed E-state index contributed by atoms with van der Waals surface area (Å²) >= 11 is 0. The summed E-state index contributed by atoms with van der Waals surface area (Å²) in [6.45, 7) is 8.04. The van der Waals surface area contributed by atoms with Gasteiger partial charge in [-0.25, -0.2) is 0 Å². The first-order valence-electron chi connectivity index (χ1n) is 19.6. The number of likely N-dealkylation sites (N-methyl/N-ethyl adjacent to an activating group) is 1. The van der Waals surface area contributed by atoms with Crippen molar-refractivity contribution in [2.75, 3.05) is 33.4 Å². The SMILES string of the molecule is CCCCCC[C@H]1O[C@@H](C)NC(=O)[C@H](COCCCCN)NC(=O)[C@H](CN)NC(=O)[C@H](C2CCCCCC2)NC(=O)[C@H](CCC)N(C)C(=O)[C@@H]1C. The van der Waals surface area contributed by atoms with Crippen LogP contribution in [0.1, 0.15) is 124 Å². The van der Waals surface area contributed by atoms with Crippen molar-refractivity contribution in [1.82, 2.24) is 26.2 Å². The summed E-state index contributed by atoms with van der Waals surface area (Å²) in [5.41, 5.74) is 11.6. The summed E-state index contributed by atoms with van der Waals surface area (Å²) in [5, 5.41) is 11.3. The largest absolute Gasteiger partial charge is 0.379 e. The van der Waals surface area contributed by atoms with Crippen LogP contribution >= 0.6 is 0 Å². The van der Waals surface area contributed by atoms with E-state index in [1.165, 1.54) is 4.90 Å². The molecule has 0 aromatic rings. The molecule has 5 amide bonds. The van der Waals surface area contributed by atoms with E-state index in [0.717, 1.165) is 70.6 Å². The van der Waals surface area contributed by atoms with Crippen molar-refractivity contribution in [3.63, 3.8) is 0 Å². The lowest BCUT2D eigenvalue weighted by Gasteiger charge is -2.35. The number of nitrogens with zero attached hydrogens (tertiary/aromatic N) is 1. The molecule has 51 heavy (non-hydrogen) atoms. The zero-order valence-electron chi connectivity index (χ0n) is 32.0. The Labute approximate surface area is 306 Å². The molecule has 14 nitrogen and oxygen atoms in total. The average molecular weight is 724 g/mol. The number of amides is 5. The summed E-state index contributed by atoms with van der Waals surface area (Å²) in [5.74, 6) is -3.15. The Morgan fingerprint density at radius 1 is 0.745 bits per heavy atom. The van der Waals surface area contributed by atoms with Gasteiger partial charge in [0.25, 0.3) is 0 Å². The van der Waals surface area contributed by atoms with Gasteiger partial charge in [0.05, 0.1) is 18.6 Å². The van der Waals surface area contributed by atoms with Crippen molar-refractivity contribution in [1.29, 1.82) is 0 Å². The van der Waals surface area contributed by atoms with Gasteiger partial charge in [-0.3, -0.25) is 24.0 Å². The van der Waals surface area contributed by atoms with Crippen molar-refractivity contribution in [3.05, 3.63) is 0 Å². The number of carbonyl (C=O) groups is 5. The lowest BCUT2D eigenvalue weighted by Crippen LogP contribution is -2.62. The van der Waals surface area contributed by atoms with Crippen LogP contribution in [0.5, 0.6) is 0 Å². The molecule has 0 spiro atoms. The summed E-state index contributed by atoms with van der Waals surface area (Å²) in [6, 6.07) is -4.04. The topological polar surface area (TPSA) is 207 Å². The van der Waals surface area contributed by atoms with Crippen LogP contribution in [0.15, 0.2) is 0 Å². The molecule has 8 N–H and O–H groups in total. The van der Waals surface area contributed by atoms with Gasteiger partial charge in [0.1, 0.15) is 30.4 Å². The van der Waals surface area contributed by atoms with Crippen LogP contribution in [0.2, 0.25) is 0 Å². The molecule has 2 rings (SSSR count). The molecule has 0 unspecified atom stereocenters. The van der Waals surface area contributed by atoms with E-state index in [0.29, 0.717) is 38.8 Å². The van der Waals surface area contributed by atoms with Crippen molar-refractivity contribution in [2.45, 2.75) is 161 Å². The number of hydrogen-bond acceptors (Lipinski definition) is 9. The second-order valence-electron chi connectivity index (χ2n) is 14.4. The van der Waals surface area contributed by atoms with E-state index in [-0.39, 0.29) is 25.0 Å². The zero-order chi connectivity index (χ0) is 37.8. The Kier molecular flexibility index (Phi) is 21.2. The van der Waals surface area contributed by atoms with Gasteiger partial charge < -0.3 is 47.1 Å². The van der Waals surface area contributed by atoms with Gasteiger partial charge in [0.2, 0.25) is 29.5 Å². The number of hydrogen-bond donors (Lipinski definition) is 6. The predicted molar refractivity (Wildman–Crippen MR) is 197 cm³/mol. The summed E-state index contributed by atoms with van der Waals surface area (Å²) in [7, 11) is 1.63. The first kappa shape index (κ1) is 44.4. The number of ether oxygens (including phenoxy) is 2. The lowest BCUT2D eigenvalue weighted by molar-refractivity contribution is -0.150. The highest BCUT2D eigenvalue weighted by molar-refractivity contribution is 5.96. The summed E-state index contributed by atoms with van der Waals surface area (Å²) in [6.07, 6.45) is 11.0. The molecule has 0 aromatic heterocycles. The number of rotatable bonds is 15. The van der Waals surface area contributed by atoms with Crippen LogP contribution in [-0.2, 0) is 33.4 Å². The molecule has 1 saturated heterocycles. The maximum absolute atomic E-state index is 14.1. The third kappa shape index (κ3) is 15.0. The van der Waals surface area contributed by atoms with Crippen LogP contribution in [0.4, 0.5) is 0 Å². The highest BCUT2D eigenvalue weighted by Gasteiger charge is 2.38. The van der Waals surface area contributed by atoms with Gasteiger partial charge in [-0.1, -0.05) is 78.6 Å². The monoisotopic (exact) mass is 724 g/mol. The number of unbranched alkanes of at least 4 members (excludes halogenated alkanes) is 4. The van der Waals surface area contributed by atoms with Crippen LogP contribution < -0.4 is 32.7 Å². The molecule has 1 aliphatic carbocycles. The van der Waals surface area contributed by atoms with Gasteiger partial charge >= 0.3 is 0 Å². The smallest absolute Gasteiger partial charge is 0.246 e. The van der Waals surface area contributed by atoms with E-state index >= 15 is 0 Å². The van der Waals surface area contributed by atoms with Gasteiger partial charge in [0, 0.05) is 20.2 Å². The Morgan fingerprint density at radius 2 is 1.41 bits per heavy atom. The number of nitrogens with one attached hydrogen (secondary N) is 4. The van der Waals surface area contributed by atoms with Crippen molar-refractivity contribution < 1.29 is 33.4 Å². The molecule has 0 aromatic carbocycles. The molecule has 0 bridgehead atoms. The third-order valence-corrected chi connectivity index (χ3v) is 10.2. The van der Waals surface area contributed by atoms with E-state index in [4.69, 9.17) is 20.9 Å². The minimum Gasteiger partial charge on any atom is -0.379 e. The third-order valence-electron chi connectivity index (χ3n) is 10.2. The quantitative estimate of drug-likeness (QED) is 0.108. The highest BCUT2D eigenvalue weighted by atomic mass is 16.5. The van der Waals surface area contributed by atoms with Crippen LogP contribution in [0.3, 0.4) is 0 Å². The summed E-state index contributed by atoms with van der Waals surface area (Å²) in [4.78, 5) is 71.0. The maximum Gasteiger partial charge on any atom is 0.246 e. The molecular weight excluding hydrogens is 654 g/mol. The Bertz CT molecular complexity index is 1070. The minimum atomic E-state index is -1.17. The first-order valence-corrected chi connectivity index (χ1v) is 19.6. The molecular formula is C37H69N7O7. The highest BCUT2D eigenvalue weighted by Crippen LogP contribution is 2.27. The number of carbonyl (C=O) groups excluding carboxylic acids is 5. The van der Waals surface area contributed by atoms with Gasteiger partial charge in [-0.05, 0) is 57.9 Å². The normalized spacial score (nSPS) is 28.6. The van der Waals surface area contributed by atoms with Gasteiger partial charge in [-0.2, -0.15) is 0 Å². The maximum atomic E-state index is 14.1. The zero-order valence-corrected chi connectivity index (χ0v) is 32.0. The van der Waals surface area contributed by atoms with Gasteiger partial charge in [0.15, 0.2) is 0 Å². The summed E-state index contributed by atoms with van der Waals surface area (Å²) < 4.78 is 12.1. The van der Waals surface area contributed by atoms with E-state index in [2.05, 4.69) is 28.2 Å². The predicted octanol–water partition coefficient (Wildman–Crippen LogP) is 2.22. The first-order chi connectivity index (χ1) is 24.5. The standard InChI is InChI=1S/C37H69N7O7/c1-6-8-9-14-20-31-25(3)37(49)44(5)30(17-7-2)35(47)43-32(27-18-12-10-11-13-19-27)36(48)41-28(23-39)33(45)42-29(24-50-22-16-15-21-38)34(46)40-26(4)51-31/h25-32H,6-24,38-39H2,1-5H3,(H,40,46)(H,41,48)(H,42,45)(H,43,47)/t25-,26+,28+,29+,30+,31-,32+/m1/s1. The molecule has 1 saturated carbocycles. The molecule has 2 fully saturated rings. The average Bonchev–Trinajstić information content (AvgIpc) is 3.40. The van der Waals surface area contributed by atoms with Crippen molar-refractivity contribution in [3.8, 4) is 0 Å². The second-order valence-corrected chi connectivity index (χ2v) is 14.4. The molecule has 1 heterocycles. The second kappa shape index (κ2) is 24.4. The molecule has 14 heteroatoms. The Hall–Kier alpha value is -2.81. The molecule has 7 atom stereocenters. The Balaban J connectivity index is 2.53. The van der Waals surface area contributed by atoms with E-state index in [9.17, 15) is 24.0 Å². The van der Waals surface area contributed by atoms with Crippen LogP contribution in [0, 0.1) is 11.8 Å². The fourth-order valence-corrected chi connectivity index (χ4v) is 7.00. The van der Waals surface area contributed by atoms with Crippen LogP contribution in [-0.4, -0.2) is 104 Å². The number of nitrogens with two attached hydrogens (primary N) is 2. The van der Waals surface area contributed by atoms with Crippen molar-refractivity contribution in [2.24, 2.45) is 23.3 Å². The fourth-order valence-electron chi connectivity index (χ4n) is 7.00. The van der Waals surface area contributed by atoms with E-state index < -0.39 is 66.0 Å². The van der Waals surface area contributed by atoms with Crippen LogP contribution in [0.25, 0.3) is 0 Å². The molecule has 1 aliphatic heterocycles.